The fraction of sp³-hybridized carbons (Fsp3) is 0.714. The van der Waals surface area contributed by atoms with Gasteiger partial charge in [-0.25, -0.2) is 0 Å². The van der Waals surface area contributed by atoms with E-state index >= 15 is 0 Å². The van der Waals surface area contributed by atoms with E-state index in [4.69, 9.17) is 5.73 Å². The molecule has 0 saturated heterocycles. The third kappa shape index (κ3) is 7.24. The second-order valence-electron chi connectivity index (χ2n) is 4.24. The maximum atomic E-state index is 6.04. The summed E-state index contributed by atoms with van der Waals surface area (Å²) < 4.78 is 0. The second-order valence-corrected chi connectivity index (χ2v) is 4.24. The van der Waals surface area contributed by atoms with E-state index in [1.54, 1.807) is 6.08 Å². The quantitative estimate of drug-likeness (QED) is 0.442. The molecule has 88 valence electrons. The molecule has 0 aliphatic carbocycles. The van der Waals surface area contributed by atoms with Gasteiger partial charge in [-0.15, -0.1) is 0 Å². The summed E-state index contributed by atoms with van der Waals surface area (Å²) in [6.45, 7) is 8.18. The van der Waals surface area contributed by atoms with E-state index in [0.29, 0.717) is 5.92 Å². The minimum atomic E-state index is 0.578. The first-order valence-electron chi connectivity index (χ1n) is 6.34. The Balaban J connectivity index is 4.04. The number of rotatable bonds is 9. The summed E-state index contributed by atoms with van der Waals surface area (Å²) in [4.78, 5) is 0. The number of hydrogen-bond acceptors (Lipinski definition) is 1. The Kier molecular flexibility index (Phi) is 9.35. The van der Waals surface area contributed by atoms with Crippen LogP contribution in [0.15, 0.2) is 24.4 Å². The monoisotopic (exact) mass is 209 g/mol. The van der Waals surface area contributed by atoms with Crippen molar-refractivity contribution in [3.63, 3.8) is 0 Å². The molecule has 15 heavy (non-hydrogen) atoms. The molecule has 1 atom stereocenters. The molecule has 2 N–H and O–H groups in total. The first-order chi connectivity index (χ1) is 7.26. The highest BCUT2D eigenvalue weighted by molar-refractivity contribution is 5.09. The van der Waals surface area contributed by atoms with Gasteiger partial charge in [-0.3, -0.25) is 0 Å². The van der Waals surface area contributed by atoms with Gasteiger partial charge in [0.05, 0.1) is 0 Å². The zero-order valence-corrected chi connectivity index (χ0v) is 10.5. The van der Waals surface area contributed by atoms with Gasteiger partial charge < -0.3 is 5.73 Å². The van der Waals surface area contributed by atoms with E-state index in [9.17, 15) is 0 Å². The fourth-order valence-electron chi connectivity index (χ4n) is 1.84. The highest BCUT2D eigenvalue weighted by Crippen LogP contribution is 2.21. The molecule has 0 aromatic carbocycles. The Morgan fingerprint density at radius 3 is 2.27 bits per heavy atom. The Labute approximate surface area is 95.4 Å². The van der Waals surface area contributed by atoms with Crippen molar-refractivity contribution in [3.05, 3.63) is 24.4 Å². The van der Waals surface area contributed by atoms with Gasteiger partial charge in [-0.05, 0) is 24.8 Å². The summed E-state index contributed by atoms with van der Waals surface area (Å²) in [5.41, 5.74) is 7.06. The van der Waals surface area contributed by atoms with Gasteiger partial charge in [0.25, 0.3) is 0 Å². The van der Waals surface area contributed by atoms with Gasteiger partial charge in [0.15, 0.2) is 0 Å². The summed E-state index contributed by atoms with van der Waals surface area (Å²) in [7, 11) is 0. The average molecular weight is 209 g/mol. The molecular formula is C14H27N. The number of nitrogens with two attached hydrogens (primary N) is 1. The molecule has 0 aromatic heterocycles. The molecule has 0 aliphatic heterocycles. The standard InChI is InChI=1S/C14H27N/c1-4-7-9-12-13(11-8-5-2)14(15)10-6-3/h6,10,13H,3-5,7-9,11-12,15H2,1-2H3/b14-10-. The smallest absolute Gasteiger partial charge is 0.0112 e. The van der Waals surface area contributed by atoms with Gasteiger partial charge in [0.2, 0.25) is 0 Å². The van der Waals surface area contributed by atoms with E-state index in [-0.39, 0.29) is 0 Å². The zero-order chi connectivity index (χ0) is 11.5. The van der Waals surface area contributed by atoms with Crippen molar-refractivity contribution in [2.75, 3.05) is 0 Å². The van der Waals surface area contributed by atoms with Crippen LogP contribution in [-0.4, -0.2) is 0 Å². The fourth-order valence-corrected chi connectivity index (χ4v) is 1.84. The lowest BCUT2D eigenvalue weighted by Gasteiger charge is -2.16. The van der Waals surface area contributed by atoms with E-state index in [2.05, 4.69) is 20.4 Å². The van der Waals surface area contributed by atoms with Crippen LogP contribution in [0.3, 0.4) is 0 Å². The van der Waals surface area contributed by atoms with Crippen LogP contribution in [0.1, 0.15) is 58.8 Å². The molecule has 0 radical (unpaired) electrons. The first-order valence-corrected chi connectivity index (χ1v) is 6.34. The van der Waals surface area contributed by atoms with E-state index in [1.165, 1.54) is 44.9 Å². The SMILES string of the molecule is C=C/C=C(\N)C(CCCC)CCCCC. The number of allylic oxidation sites excluding steroid dienone is 3. The van der Waals surface area contributed by atoms with Gasteiger partial charge in [-0.2, -0.15) is 0 Å². The summed E-state index contributed by atoms with van der Waals surface area (Å²) in [5, 5.41) is 0. The van der Waals surface area contributed by atoms with Crippen LogP contribution >= 0.6 is 0 Å². The molecule has 0 fully saturated rings. The molecule has 0 amide bonds. The normalized spacial score (nSPS) is 13.9. The molecule has 1 heteroatoms. The van der Waals surface area contributed by atoms with Crippen molar-refractivity contribution < 1.29 is 0 Å². The van der Waals surface area contributed by atoms with Gasteiger partial charge in [-0.1, -0.05) is 58.6 Å². The van der Waals surface area contributed by atoms with Crippen LogP contribution < -0.4 is 5.73 Å². The Hall–Kier alpha value is -0.720. The Bertz CT molecular complexity index is 182. The Morgan fingerprint density at radius 1 is 1.13 bits per heavy atom. The molecule has 1 nitrogen and oxygen atoms in total. The van der Waals surface area contributed by atoms with Gasteiger partial charge >= 0.3 is 0 Å². The Morgan fingerprint density at radius 2 is 1.73 bits per heavy atom. The van der Waals surface area contributed by atoms with Crippen molar-refractivity contribution in [3.8, 4) is 0 Å². The summed E-state index contributed by atoms with van der Waals surface area (Å²) in [6.07, 6.45) is 12.7. The number of hydrogen-bond donors (Lipinski definition) is 1. The van der Waals surface area contributed by atoms with Crippen molar-refractivity contribution in [2.24, 2.45) is 11.7 Å². The lowest BCUT2D eigenvalue weighted by molar-refractivity contribution is 0.465. The lowest BCUT2D eigenvalue weighted by atomic mass is 9.92. The van der Waals surface area contributed by atoms with Crippen molar-refractivity contribution in [1.82, 2.24) is 0 Å². The predicted molar refractivity (Wildman–Crippen MR) is 69.6 cm³/mol. The maximum absolute atomic E-state index is 6.04. The summed E-state index contributed by atoms with van der Waals surface area (Å²) >= 11 is 0. The second kappa shape index (κ2) is 9.82. The van der Waals surface area contributed by atoms with Crippen LogP contribution in [0.25, 0.3) is 0 Å². The summed E-state index contributed by atoms with van der Waals surface area (Å²) in [6, 6.07) is 0. The number of unbranched alkanes of at least 4 members (excludes halogenated alkanes) is 3. The molecule has 0 aromatic rings. The molecule has 0 saturated carbocycles. The average Bonchev–Trinajstić information content (AvgIpc) is 2.23. The molecule has 0 bridgehead atoms. The summed E-state index contributed by atoms with van der Waals surface area (Å²) in [5.74, 6) is 0.578. The van der Waals surface area contributed by atoms with Gasteiger partial charge in [0.1, 0.15) is 0 Å². The molecule has 0 aliphatic rings. The van der Waals surface area contributed by atoms with Crippen LogP contribution in [0.5, 0.6) is 0 Å². The largest absolute Gasteiger partial charge is 0.402 e. The van der Waals surface area contributed by atoms with Gasteiger partial charge in [0, 0.05) is 5.70 Å². The molecular weight excluding hydrogens is 182 g/mol. The minimum absolute atomic E-state index is 0.578. The third-order valence-corrected chi connectivity index (χ3v) is 2.84. The molecule has 0 spiro atoms. The lowest BCUT2D eigenvalue weighted by Crippen LogP contribution is -2.12. The van der Waals surface area contributed by atoms with E-state index in [0.717, 1.165) is 5.70 Å². The van der Waals surface area contributed by atoms with Crippen molar-refractivity contribution in [1.29, 1.82) is 0 Å². The molecule has 1 unspecified atom stereocenters. The third-order valence-electron chi connectivity index (χ3n) is 2.84. The van der Waals surface area contributed by atoms with Crippen LogP contribution in [-0.2, 0) is 0 Å². The van der Waals surface area contributed by atoms with E-state index in [1.807, 2.05) is 6.08 Å². The highest BCUT2D eigenvalue weighted by atomic mass is 14.6. The minimum Gasteiger partial charge on any atom is -0.402 e. The first kappa shape index (κ1) is 14.3. The molecule has 0 rings (SSSR count). The van der Waals surface area contributed by atoms with Crippen molar-refractivity contribution in [2.45, 2.75) is 58.8 Å². The maximum Gasteiger partial charge on any atom is 0.0112 e. The van der Waals surface area contributed by atoms with Crippen LogP contribution in [0, 0.1) is 5.92 Å². The zero-order valence-electron chi connectivity index (χ0n) is 10.5. The van der Waals surface area contributed by atoms with E-state index < -0.39 is 0 Å². The van der Waals surface area contributed by atoms with Crippen molar-refractivity contribution >= 4 is 0 Å². The molecule has 0 heterocycles. The van der Waals surface area contributed by atoms with Crippen LogP contribution in [0.2, 0.25) is 0 Å². The van der Waals surface area contributed by atoms with Crippen LogP contribution in [0.4, 0.5) is 0 Å². The predicted octanol–water partition coefficient (Wildman–Crippen LogP) is 4.40. The highest BCUT2D eigenvalue weighted by Gasteiger charge is 2.09. The topological polar surface area (TPSA) is 26.0 Å².